The number of carbonyl (C=O) groups is 2. The lowest BCUT2D eigenvalue weighted by Crippen LogP contribution is -2.37. The summed E-state index contributed by atoms with van der Waals surface area (Å²) in [6, 6.07) is 6.10. The van der Waals surface area contributed by atoms with Crippen LogP contribution in [0.5, 0.6) is 0 Å². The maximum atomic E-state index is 12.1. The molecule has 0 radical (unpaired) electrons. The first-order valence-electron chi connectivity index (χ1n) is 7.49. The van der Waals surface area contributed by atoms with E-state index in [1.54, 1.807) is 12.1 Å². The Bertz CT molecular complexity index is 744. The highest BCUT2D eigenvalue weighted by molar-refractivity contribution is 6.33. The van der Waals surface area contributed by atoms with Gasteiger partial charge in [0.1, 0.15) is 0 Å². The topological polar surface area (TPSA) is 98.9 Å². The van der Waals surface area contributed by atoms with Crippen molar-refractivity contribution in [2.45, 2.75) is 26.3 Å². The lowest BCUT2D eigenvalue weighted by molar-refractivity contribution is 0.0963. The Kier molecular flexibility index (Phi) is 5.81. The molecule has 0 spiro atoms. The van der Waals surface area contributed by atoms with Crippen molar-refractivity contribution in [1.29, 1.82) is 0 Å². The summed E-state index contributed by atoms with van der Waals surface area (Å²) in [6.07, 6.45) is 0.601. The number of halogens is 1. The number of benzene rings is 1. The highest BCUT2D eigenvalue weighted by Gasteiger charge is 2.13. The fraction of sp³-hybridized carbons (Fsp3) is 0.312. The molecule has 1 aromatic heterocycles. The minimum Gasteiger partial charge on any atom is -0.355 e. The molecule has 0 fully saturated rings. The van der Waals surface area contributed by atoms with E-state index in [0.717, 1.165) is 11.4 Å². The van der Waals surface area contributed by atoms with Crippen LogP contribution in [0.3, 0.4) is 0 Å². The number of nitrogens with one attached hydrogen (secondary N) is 4. The maximum Gasteiger partial charge on any atom is 0.319 e. The molecule has 7 nitrogen and oxygen atoms in total. The second-order valence-electron chi connectivity index (χ2n) is 5.52. The summed E-state index contributed by atoms with van der Waals surface area (Å²) in [6.45, 7) is 3.80. The number of nitrogens with zero attached hydrogens (tertiary/aromatic N) is 1. The van der Waals surface area contributed by atoms with Crippen molar-refractivity contribution in [2.75, 3.05) is 12.4 Å². The van der Waals surface area contributed by atoms with Gasteiger partial charge in [-0.1, -0.05) is 11.6 Å². The fourth-order valence-corrected chi connectivity index (χ4v) is 2.40. The van der Waals surface area contributed by atoms with Gasteiger partial charge in [0.05, 0.1) is 16.4 Å². The van der Waals surface area contributed by atoms with Crippen molar-refractivity contribution in [3.8, 4) is 0 Å². The maximum absolute atomic E-state index is 12.1. The van der Waals surface area contributed by atoms with E-state index in [9.17, 15) is 9.59 Å². The van der Waals surface area contributed by atoms with Crippen molar-refractivity contribution in [3.05, 3.63) is 46.2 Å². The van der Waals surface area contributed by atoms with Gasteiger partial charge in [-0.25, -0.2) is 4.79 Å². The zero-order valence-corrected chi connectivity index (χ0v) is 14.5. The highest BCUT2D eigenvalue weighted by Crippen LogP contribution is 2.23. The van der Waals surface area contributed by atoms with Crippen LogP contribution in [-0.2, 0) is 6.42 Å². The van der Waals surface area contributed by atoms with Gasteiger partial charge in [-0.2, -0.15) is 5.10 Å². The van der Waals surface area contributed by atoms with Crippen molar-refractivity contribution >= 4 is 29.2 Å². The second kappa shape index (κ2) is 7.83. The first-order chi connectivity index (χ1) is 11.4. The predicted molar refractivity (Wildman–Crippen MR) is 93.5 cm³/mol. The number of anilines is 1. The summed E-state index contributed by atoms with van der Waals surface area (Å²) in [7, 11) is 1.54. The van der Waals surface area contributed by atoms with E-state index in [2.05, 4.69) is 26.1 Å². The van der Waals surface area contributed by atoms with Crippen molar-refractivity contribution < 1.29 is 9.59 Å². The van der Waals surface area contributed by atoms with Gasteiger partial charge in [0.15, 0.2) is 0 Å². The molecule has 0 bridgehead atoms. The molecule has 0 saturated carbocycles. The van der Waals surface area contributed by atoms with Gasteiger partial charge in [0.2, 0.25) is 0 Å². The van der Waals surface area contributed by atoms with E-state index in [1.165, 1.54) is 13.1 Å². The molecule has 1 atom stereocenters. The van der Waals surface area contributed by atoms with Crippen molar-refractivity contribution in [1.82, 2.24) is 20.8 Å². The number of aryl methyl sites for hydroxylation is 1. The number of aromatic amines is 1. The van der Waals surface area contributed by atoms with Crippen LogP contribution in [0.15, 0.2) is 24.3 Å². The molecule has 128 valence electrons. The second-order valence-corrected chi connectivity index (χ2v) is 5.93. The molecule has 0 saturated heterocycles. The minimum atomic E-state index is -0.397. The average molecular weight is 350 g/mol. The van der Waals surface area contributed by atoms with Crippen LogP contribution in [0.25, 0.3) is 0 Å². The molecule has 1 heterocycles. The van der Waals surface area contributed by atoms with Crippen LogP contribution in [0.4, 0.5) is 10.5 Å². The number of rotatable bonds is 5. The van der Waals surface area contributed by atoms with Gasteiger partial charge in [0.25, 0.3) is 5.91 Å². The van der Waals surface area contributed by atoms with E-state index in [0.29, 0.717) is 22.7 Å². The molecule has 3 amide bonds. The van der Waals surface area contributed by atoms with E-state index >= 15 is 0 Å². The van der Waals surface area contributed by atoms with Gasteiger partial charge >= 0.3 is 6.03 Å². The Labute approximate surface area is 145 Å². The summed E-state index contributed by atoms with van der Waals surface area (Å²) in [5, 5.41) is 15.4. The summed E-state index contributed by atoms with van der Waals surface area (Å²) in [5.41, 5.74) is 2.63. The van der Waals surface area contributed by atoms with Crippen molar-refractivity contribution in [2.24, 2.45) is 0 Å². The first kappa shape index (κ1) is 17.8. The summed E-state index contributed by atoms with van der Waals surface area (Å²) in [4.78, 5) is 23.8. The van der Waals surface area contributed by atoms with Crippen LogP contribution in [-0.4, -0.2) is 35.2 Å². The quantitative estimate of drug-likeness (QED) is 0.667. The third-order valence-corrected chi connectivity index (χ3v) is 3.69. The Hall–Kier alpha value is -2.54. The third-order valence-electron chi connectivity index (χ3n) is 3.36. The van der Waals surface area contributed by atoms with E-state index < -0.39 is 6.03 Å². The first-order valence-corrected chi connectivity index (χ1v) is 7.87. The molecule has 0 unspecified atom stereocenters. The van der Waals surface area contributed by atoms with Gasteiger partial charge < -0.3 is 16.0 Å². The monoisotopic (exact) mass is 349 g/mol. The van der Waals surface area contributed by atoms with E-state index in [1.807, 2.05) is 19.9 Å². The molecule has 2 aromatic rings. The zero-order chi connectivity index (χ0) is 17.7. The number of carbonyl (C=O) groups excluding carboxylic acids is 2. The summed E-state index contributed by atoms with van der Waals surface area (Å²) < 4.78 is 0. The summed E-state index contributed by atoms with van der Waals surface area (Å²) >= 11 is 6.07. The molecular weight excluding hydrogens is 330 g/mol. The van der Waals surface area contributed by atoms with Crippen LogP contribution < -0.4 is 16.0 Å². The van der Waals surface area contributed by atoms with Crippen molar-refractivity contribution in [3.63, 3.8) is 0 Å². The number of aromatic nitrogens is 2. The lowest BCUT2D eigenvalue weighted by Gasteiger charge is -2.14. The molecule has 2 rings (SSSR count). The molecular formula is C16H20ClN5O2. The molecule has 0 aliphatic heterocycles. The molecule has 0 aliphatic carbocycles. The smallest absolute Gasteiger partial charge is 0.319 e. The number of H-pyrrole nitrogens is 1. The van der Waals surface area contributed by atoms with Gasteiger partial charge in [-0.05, 0) is 38.1 Å². The number of amides is 3. The number of hydrogen-bond acceptors (Lipinski definition) is 3. The van der Waals surface area contributed by atoms with Crippen LogP contribution in [0, 0.1) is 6.92 Å². The Morgan fingerprint density at radius 3 is 2.71 bits per heavy atom. The van der Waals surface area contributed by atoms with Crippen LogP contribution in [0.1, 0.15) is 28.7 Å². The largest absolute Gasteiger partial charge is 0.355 e. The third kappa shape index (κ3) is 4.73. The van der Waals surface area contributed by atoms with Gasteiger partial charge in [0, 0.05) is 30.8 Å². The Morgan fingerprint density at radius 2 is 2.08 bits per heavy atom. The molecule has 8 heteroatoms. The standard InChI is InChI=1S/C16H20ClN5O2/c1-9(6-12-7-10(2)21-22-12)19-16(24)20-14-8-11(15(23)18-3)4-5-13(14)17/h4-5,7-9H,6H2,1-3H3,(H,18,23)(H,21,22)(H2,19,20,24)/t9-/m1/s1. The van der Waals surface area contributed by atoms with Crippen LogP contribution >= 0.6 is 11.6 Å². The van der Waals surface area contributed by atoms with E-state index in [-0.39, 0.29) is 11.9 Å². The summed E-state index contributed by atoms with van der Waals surface area (Å²) in [5.74, 6) is -0.252. The zero-order valence-electron chi connectivity index (χ0n) is 13.7. The number of hydrogen-bond donors (Lipinski definition) is 4. The van der Waals surface area contributed by atoms with Gasteiger partial charge in [-0.3, -0.25) is 9.89 Å². The molecule has 4 N–H and O–H groups in total. The lowest BCUT2D eigenvalue weighted by atomic mass is 10.2. The molecule has 0 aliphatic rings. The molecule has 1 aromatic carbocycles. The Balaban J connectivity index is 1.97. The number of urea groups is 1. The minimum absolute atomic E-state index is 0.117. The van der Waals surface area contributed by atoms with Gasteiger partial charge in [-0.15, -0.1) is 0 Å². The Morgan fingerprint density at radius 1 is 1.33 bits per heavy atom. The normalized spacial score (nSPS) is 11.7. The predicted octanol–water partition coefficient (Wildman–Crippen LogP) is 2.48. The highest BCUT2D eigenvalue weighted by atomic mass is 35.5. The fourth-order valence-electron chi connectivity index (χ4n) is 2.23. The average Bonchev–Trinajstić information content (AvgIpc) is 2.93. The SMILES string of the molecule is CNC(=O)c1ccc(Cl)c(NC(=O)N[C@H](C)Cc2cc(C)[nH]n2)c1. The molecule has 24 heavy (non-hydrogen) atoms. The van der Waals surface area contributed by atoms with Crippen LogP contribution in [0.2, 0.25) is 5.02 Å². The van der Waals surface area contributed by atoms with E-state index in [4.69, 9.17) is 11.6 Å².